The molecule has 1 aromatic heterocycles. The second-order valence-electron chi connectivity index (χ2n) is 3.63. The first kappa shape index (κ1) is 16.0. The van der Waals surface area contributed by atoms with E-state index in [2.05, 4.69) is 9.47 Å². The molecule has 1 rings (SSSR count). The quantitative estimate of drug-likeness (QED) is 0.665. The molecule has 0 aromatic carbocycles. The summed E-state index contributed by atoms with van der Waals surface area (Å²) in [6.45, 7) is 0.248. The molecule has 0 aliphatic rings. The maximum Gasteiger partial charge on any atom is 0.573 e. The highest BCUT2D eigenvalue weighted by molar-refractivity contribution is 5.72. The first-order valence-corrected chi connectivity index (χ1v) is 5.49. The molecule has 0 fully saturated rings. The van der Waals surface area contributed by atoms with E-state index in [9.17, 15) is 27.2 Å². The summed E-state index contributed by atoms with van der Waals surface area (Å²) in [7, 11) is 0. The molecule has 112 valence electrons. The van der Waals surface area contributed by atoms with Gasteiger partial charge in [-0.15, -0.1) is 13.2 Å². The molecule has 1 N–H and O–H groups in total. The van der Waals surface area contributed by atoms with Crippen molar-refractivity contribution >= 4 is 5.97 Å². The number of alkyl halides is 4. The molecule has 1 heterocycles. The number of aromatic amines is 1. The third-order valence-corrected chi connectivity index (χ3v) is 2.16. The first-order chi connectivity index (χ1) is 9.26. The van der Waals surface area contributed by atoms with E-state index in [4.69, 9.17) is 0 Å². The fourth-order valence-electron chi connectivity index (χ4n) is 1.40. The van der Waals surface area contributed by atoms with Crippen LogP contribution >= 0.6 is 0 Å². The van der Waals surface area contributed by atoms with E-state index in [0.717, 1.165) is 0 Å². The monoisotopic (exact) mass is 297 g/mol. The Kier molecular flexibility index (Phi) is 5.12. The number of esters is 1. The van der Waals surface area contributed by atoms with Gasteiger partial charge in [0.25, 0.3) is 5.56 Å². The molecule has 0 amide bonds. The number of rotatable bonds is 5. The van der Waals surface area contributed by atoms with Crippen molar-refractivity contribution in [2.45, 2.75) is 26.4 Å². The summed E-state index contributed by atoms with van der Waals surface area (Å²) in [5, 5.41) is 0. The van der Waals surface area contributed by atoms with Crippen LogP contribution in [-0.2, 0) is 22.6 Å². The number of halogens is 4. The van der Waals surface area contributed by atoms with Crippen molar-refractivity contribution < 1.29 is 31.8 Å². The summed E-state index contributed by atoms with van der Waals surface area (Å²) in [4.78, 5) is 24.6. The predicted octanol–water partition coefficient (Wildman–Crippen LogP) is 1.85. The van der Waals surface area contributed by atoms with Crippen LogP contribution < -0.4 is 10.3 Å². The number of hydrogen-bond acceptors (Lipinski definition) is 4. The lowest BCUT2D eigenvalue weighted by Gasteiger charge is -2.12. The molecule has 0 atom stereocenters. The second-order valence-corrected chi connectivity index (χ2v) is 3.63. The van der Waals surface area contributed by atoms with Crippen LogP contribution in [0.1, 0.15) is 18.2 Å². The maximum atomic E-state index is 12.5. The molecule has 0 unspecified atom stereocenters. The summed E-state index contributed by atoms with van der Waals surface area (Å²) in [6, 6.07) is 0.679. The van der Waals surface area contributed by atoms with Gasteiger partial charge in [-0.05, 0) is 13.0 Å². The Labute approximate surface area is 110 Å². The summed E-state index contributed by atoms with van der Waals surface area (Å²) < 4.78 is 57.1. The maximum absolute atomic E-state index is 12.5. The topological polar surface area (TPSA) is 68.4 Å². The molecule has 0 saturated carbocycles. The van der Waals surface area contributed by atoms with Gasteiger partial charge in [0.05, 0.1) is 18.7 Å². The Hall–Kier alpha value is -2.06. The van der Waals surface area contributed by atoms with E-state index in [1.807, 2.05) is 4.98 Å². The zero-order valence-electron chi connectivity index (χ0n) is 10.3. The second kappa shape index (κ2) is 6.40. The minimum Gasteiger partial charge on any atom is -0.466 e. The van der Waals surface area contributed by atoms with Gasteiger partial charge in [-0.3, -0.25) is 9.59 Å². The van der Waals surface area contributed by atoms with Crippen molar-refractivity contribution in [2.75, 3.05) is 6.61 Å². The number of H-pyrrole nitrogens is 1. The molecule has 0 radical (unpaired) electrons. The number of aromatic nitrogens is 1. The minimum atomic E-state index is -5.04. The molecule has 0 bridgehead atoms. The van der Waals surface area contributed by atoms with Crippen LogP contribution in [0.5, 0.6) is 5.75 Å². The zero-order chi connectivity index (χ0) is 15.3. The molecule has 0 saturated heterocycles. The van der Waals surface area contributed by atoms with Crippen molar-refractivity contribution in [1.29, 1.82) is 0 Å². The third kappa shape index (κ3) is 4.56. The Morgan fingerprint density at radius 2 is 2.05 bits per heavy atom. The van der Waals surface area contributed by atoms with Gasteiger partial charge < -0.3 is 14.5 Å². The fourth-order valence-corrected chi connectivity index (χ4v) is 1.40. The Morgan fingerprint density at radius 1 is 1.40 bits per heavy atom. The Balaban J connectivity index is 3.11. The van der Waals surface area contributed by atoms with Crippen LogP contribution in [0.2, 0.25) is 0 Å². The molecule has 0 spiro atoms. The number of hydrogen-bond donors (Lipinski definition) is 1. The summed E-state index contributed by atoms with van der Waals surface area (Å²) in [5.41, 5.74) is -1.83. The van der Waals surface area contributed by atoms with Crippen LogP contribution in [0, 0.1) is 0 Å². The molecule has 20 heavy (non-hydrogen) atoms. The molecule has 0 aliphatic heterocycles. The van der Waals surface area contributed by atoms with Crippen LogP contribution in [0.4, 0.5) is 17.6 Å². The standard InChI is InChI=1S/C11H11F4NO4/c1-2-19-9(17)4-6-3-8(20-11(13,14)15)7(5-12)16-10(6)18/h3H,2,4-5H2,1H3,(H,16,18). The molecule has 0 aliphatic carbocycles. The Bertz CT molecular complexity index is 538. The predicted molar refractivity (Wildman–Crippen MR) is 58.9 cm³/mol. The van der Waals surface area contributed by atoms with Gasteiger partial charge in [0.1, 0.15) is 6.67 Å². The van der Waals surface area contributed by atoms with Gasteiger partial charge in [-0.25, -0.2) is 4.39 Å². The van der Waals surface area contributed by atoms with E-state index in [1.54, 1.807) is 0 Å². The van der Waals surface area contributed by atoms with Gasteiger partial charge >= 0.3 is 12.3 Å². The summed E-state index contributed by atoms with van der Waals surface area (Å²) >= 11 is 0. The number of ether oxygens (including phenoxy) is 2. The van der Waals surface area contributed by atoms with Crippen molar-refractivity contribution in [3.8, 4) is 5.75 Å². The number of carbonyl (C=O) groups excluding carboxylic acids is 1. The zero-order valence-corrected chi connectivity index (χ0v) is 10.3. The normalized spacial score (nSPS) is 11.2. The van der Waals surface area contributed by atoms with E-state index >= 15 is 0 Å². The molecule has 9 heteroatoms. The van der Waals surface area contributed by atoms with Crippen LogP contribution in [0.3, 0.4) is 0 Å². The van der Waals surface area contributed by atoms with Gasteiger partial charge in [0, 0.05) is 5.56 Å². The smallest absolute Gasteiger partial charge is 0.466 e. The van der Waals surface area contributed by atoms with Crippen molar-refractivity contribution in [2.24, 2.45) is 0 Å². The van der Waals surface area contributed by atoms with Crippen LogP contribution in [0.25, 0.3) is 0 Å². The van der Waals surface area contributed by atoms with Crippen LogP contribution in [0.15, 0.2) is 10.9 Å². The lowest BCUT2D eigenvalue weighted by atomic mass is 10.2. The lowest BCUT2D eigenvalue weighted by molar-refractivity contribution is -0.275. The minimum absolute atomic E-state index is 0.0607. The highest BCUT2D eigenvalue weighted by atomic mass is 19.4. The van der Waals surface area contributed by atoms with Gasteiger partial charge in [0.15, 0.2) is 5.75 Å². The number of pyridine rings is 1. The highest BCUT2D eigenvalue weighted by Gasteiger charge is 2.32. The number of nitrogens with one attached hydrogen (secondary N) is 1. The summed E-state index contributed by atoms with van der Waals surface area (Å²) in [6.07, 6.45) is -5.58. The number of carbonyl (C=O) groups is 1. The van der Waals surface area contributed by atoms with E-state index in [-0.39, 0.29) is 12.2 Å². The summed E-state index contributed by atoms with van der Waals surface area (Å²) in [5.74, 6) is -1.68. The fraction of sp³-hybridized carbons (Fsp3) is 0.455. The van der Waals surface area contributed by atoms with E-state index in [1.165, 1.54) is 6.92 Å². The first-order valence-electron chi connectivity index (χ1n) is 5.49. The molecular formula is C11H11F4NO4. The van der Waals surface area contributed by atoms with Gasteiger partial charge in [-0.1, -0.05) is 0 Å². The molecule has 5 nitrogen and oxygen atoms in total. The molecule has 1 aromatic rings. The van der Waals surface area contributed by atoms with E-state index < -0.39 is 42.4 Å². The van der Waals surface area contributed by atoms with E-state index in [0.29, 0.717) is 6.07 Å². The molecular weight excluding hydrogens is 286 g/mol. The average Bonchev–Trinajstić information content (AvgIpc) is 2.31. The highest BCUT2D eigenvalue weighted by Crippen LogP contribution is 2.25. The van der Waals surface area contributed by atoms with Crippen LogP contribution in [-0.4, -0.2) is 23.9 Å². The van der Waals surface area contributed by atoms with Gasteiger partial charge in [-0.2, -0.15) is 0 Å². The lowest BCUT2D eigenvalue weighted by Crippen LogP contribution is -2.23. The van der Waals surface area contributed by atoms with Crippen molar-refractivity contribution in [3.63, 3.8) is 0 Å². The van der Waals surface area contributed by atoms with Gasteiger partial charge in [0.2, 0.25) is 0 Å². The SMILES string of the molecule is CCOC(=O)Cc1cc(OC(F)(F)F)c(CF)[nH]c1=O. The third-order valence-electron chi connectivity index (χ3n) is 2.16. The Morgan fingerprint density at radius 3 is 2.55 bits per heavy atom. The van der Waals surface area contributed by atoms with Crippen molar-refractivity contribution in [1.82, 2.24) is 4.98 Å². The average molecular weight is 297 g/mol. The largest absolute Gasteiger partial charge is 0.573 e. The van der Waals surface area contributed by atoms with Crippen molar-refractivity contribution in [3.05, 3.63) is 27.7 Å².